The van der Waals surface area contributed by atoms with Crippen molar-refractivity contribution < 1.29 is 9.53 Å². The van der Waals surface area contributed by atoms with E-state index >= 15 is 0 Å². The SMILES string of the molecule is COc1ccccc1C(C)N(C)C(=O)c1cc(-c2ccccc2)nc2c1c(C)nn2C. The molecule has 0 spiro atoms. The van der Waals surface area contributed by atoms with Gasteiger partial charge < -0.3 is 9.64 Å². The van der Waals surface area contributed by atoms with E-state index in [-0.39, 0.29) is 11.9 Å². The smallest absolute Gasteiger partial charge is 0.254 e. The molecule has 2 heterocycles. The van der Waals surface area contributed by atoms with E-state index in [1.807, 2.05) is 88.6 Å². The van der Waals surface area contributed by atoms with E-state index in [0.717, 1.165) is 33.7 Å². The molecule has 0 N–H and O–H groups in total. The van der Waals surface area contributed by atoms with Crippen molar-refractivity contribution in [2.24, 2.45) is 7.05 Å². The van der Waals surface area contributed by atoms with Crippen molar-refractivity contribution in [1.82, 2.24) is 19.7 Å². The normalized spacial score (nSPS) is 12.0. The first-order valence-corrected chi connectivity index (χ1v) is 10.2. The summed E-state index contributed by atoms with van der Waals surface area (Å²) in [5, 5.41) is 5.30. The second-order valence-corrected chi connectivity index (χ2v) is 7.66. The van der Waals surface area contributed by atoms with E-state index in [4.69, 9.17) is 9.72 Å². The fraction of sp³-hybridized carbons (Fsp3) is 0.240. The molecule has 6 heteroatoms. The third-order valence-corrected chi connectivity index (χ3v) is 5.76. The zero-order valence-electron chi connectivity index (χ0n) is 18.5. The van der Waals surface area contributed by atoms with Crippen molar-refractivity contribution in [1.29, 1.82) is 0 Å². The number of carbonyl (C=O) groups excluding carboxylic acids is 1. The fourth-order valence-corrected chi connectivity index (χ4v) is 3.96. The van der Waals surface area contributed by atoms with Crippen LogP contribution >= 0.6 is 0 Å². The Hall–Kier alpha value is -3.67. The van der Waals surface area contributed by atoms with E-state index in [9.17, 15) is 4.79 Å². The quantitative estimate of drug-likeness (QED) is 0.471. The maximum absolute atomic E-state index is 13.7. The van der Waals surface area contributed by atoms with Crippen molar-refractivity contribution in [3.8, 4) is 17.0 Å². The summed E-state index contributed by atoms with van der Waals surface area (Å²) in [6.45, 7) is 3.91. The van der Waals surface area contributed by atoms with Crippen molar-refractivity contribution in [3.63, 3.8) is 0 Å². The Balaban J connectivity index is 1.83. The van der Waals surface area contributed by atoms with Crippen LogP contribution in [0.4, 0.5) is 0 Å². The lowest BCUT2D eigenvalue weighted by Crippen LogP contribution is -2.30. The highest BCUT2D eigenvalue weighted by atomic mass is 16.5. The van der Waals surface area contributed by atoms with Crippen LogP contribution in [0.1, 0.15) is 34.6 Å². The molecule has 0 aliphatic heterocycles. The fourth-order valence-electron chi connectivity index (χ4n) is 3.96. The molecule has 2 aromatic carbocycles. The second kappa shape index (κ2) is 8.22. The number of methoxy groups -OCH3 is 1. The number of benzene rings is 2. The molecule has 0 aliphatic rings. The third kappa shape index (κ3) is 3.65. The minimum absolute atomic E-state index is 0.0842. The molecule has 2 aromatic heterocycles. The van der Waals surface area contributed by atoms with Crippen LogP contribution in [0.15, 0.2) is 60.7 Å². The van der Waals surface area contributed by atoms with E-state index < -0.39 is 0 Å². The van der Waals surface area contributed by atoms with Crippen molar-refractivity contribution in [2.75, 3.05) is 14.2 Å². The zero-order chi connectivity index (χ0) is 22.1. The summed E-state index contributed by atoms with van der Waals surface area (Å²) in [6.07, 6.45) is 0. The minimum atomic E-state index is -0.177. The average molecular weight is 415 g/mol. The first kappa shape index (κ1) is 20.6. The Morgan fingerprint density at radius 1 is 1.10 bits per heavy atom. The Morgan fingerprint density at radius 3 is 2.48 bits per heavy atom. The lowest BCUT2D eigenvalue weighted by molar-refractivity contribution is 0.0743. The number of para-hydroxylation sites is 1. The number of pyridine rings is 1. The van der Waals surface area contributed by atoms with Crippen LogP contribution in [0.2, 0.25) is 0 Å². The number of ether oxygens (including phenoxy) is 1. The Bertz CT molecular complexity index is 1250. The molecule has 4 rings (SSSR count). The average Bonchev–Trinajstić information content (AvgIpc) is 3.10. The summed E-state index contributed by atoms with van der Waals surface area (Å²) in [5.41, 5.74) is 4.73. The standard InChI is InChI=1S/C25H26N4O2/c1-16-23-20(25(30)28(3)17(2)19-13-9-10-14-22(19)31-5)15-21(18-11-7-6-8-12-18)26-24(23)29(4)27-16/h6-15,17H,1-5H3. The van der Waals surface area contributed by atoms with Gasteiger partial charge in [0.05, 0.1) is 35.5 Å². The van der Waals surface area contributed by atoms with Crippen molar-refractivity contribution >= 4 is 16.9 Å². The van der Waals surface area contributed by atoms with Crippen molar-refractivity contribution in [3.05, 3.63) is 77.5 Å². The first-order chi connectivity index (χ1) is 14.9. The monoisotopic (exact) mass is 414 g/mol. The van der Waals surface area contributed by atoms with Gasteiger partial charge in [-0.3, -0.25) is 9.48 Å². The van der Waals surface area contributed by atoms with E-state index in [0.29, 0.717) is 11.2 Å². The lowest BCUT2D eigenvalue weighted by Gasteiger charge is -2.27. The molecule has 0 bridgehead atoms. The van der Waals surface area contributed by atoms with Gasteiger partial charge in [-0.25, -0.2) is 4.98 Å². The maximum atomic E-state index is 13.7. The van der Waals surface area contributed by atoms with E-state index in [1.54, 1.807) is 16.7 Å². The number of hydrogen-bond acceptors (Lipinski definition) is 4. The summed E-state index contributed by atoms with van der Waals surface area (Å²) in [7, 11) is 5.32. The molecule has 31 heavy (non-hydrogen) atoms. The molecule has 4 aromatic rings. The molecule has 1 unspecified atom stereocenters. The topological polar surface area (TPSA) is 60.2 Å². The van der Waals surface area contributed by atoms with Gasteiger partial charge in [0.15, 0.2) is 5.65 Å². The molecule has 0 saturated heterocycles. The van der Waals surface area contributed by atoms with Crippen LogP contribution in [-0.2, 0) is 7.05 Å². The Kier molecular flexibility index (Phi) is 5.46. The van der Waals surface area contributed by atoms with Crippen LogP contribution < -0.4 is 4.74 Å². The largest absolute Gasteiger partial charge is 0.496 e. The Morgan fingerprint density at radius 2 is 1.77 bits per heavy atom. The number of nitrogens with zero attached hydrogens (tertiary/aromatic N) is 4. The first-order valence-electron chi connectivity index (χ1n) is 10.2. The molecule has 0 fully saturated rings. The molecule has 0 saturated carbocycles. The van der Waals surface area contributed by atoms with Gasteiger partial charge >= 0.3 is 0 Å². The number of carbonyl (C=O) groups is 1. The molecule has 0 radical (unpaired) electrons. The van der Waals surface area contributed by atoms with Gasteiger partial charge in [0.2, 0.25) is 0 Å². The minimum Gasteiger partial charge on any atom is -0.496 e. The number of fused-ring (bicyclic) bond motifs is 1. The molecule has 158 valence electrons. The summed E-state index contributed by atoms with van der Waals surface area (Å²) >= 11 is 0. The van der Waals surface area contributed by atoms with Gasteiger partial charge in [-0.05, 0) is 26.0 Å². The molecular weight excluding hydrogens is 388 g/mol. The molecular formula is C25H26N4O2. The number of aromatic nitrogens is 3. The Labute approximate surface area is 182 Å². The molecule has 1 atom stereocenters. The predicted molar refractivity (Wildman–Crippen MR) is 122 cm³/mol. The maximum Gasteiger partial charge on any atom is 0.254 e. The van der Waals surface area contributed by atoms with Gasteiger partial charge in [-0.15, -0.1) is 0 Å². The van der Waals surface area contributed by atoms with Gasteiger partial charge in [0, 0.05) is 25.2 Å². The van der Waals surface area contributed by atoms with Crippen molar-refractivity contribution in [2.45, 2.75) is 19.9 Å². The van der Waals surface area contributed by atoms with Crippen LogP contribution in [0.5, 0.6) is 5.75 Å². The number of aryl methyl sites for hydroxylation is 2. The molecule has 1 amide bonds. The highest BCUT2D eigenvalue weighted by molar-refractivity contribution is 6.07. The molecule has 6 nitrogen and oxygen atoms in total. The summed E-state index contributed by atoms with van der Waals surface area (Å²) in [5.74, 6) is 0.677. The highest BCUT2D eigenvalue weighted by Crippen LogP contribution is 2.32. The van der Waals surface area contributed by atoms with E-state index in [2.05, 4.69) is 5.10 Å². The van der Waals surface area contributed by atoms with Gasteiger partial charge in [-0.2, -0.15) is 5.10 Å². The second-order valence-electron chi connectivity index (χ2n) is 7.66. The lowest BCUT2D eigenvalue weighted by atomic mass is 10.0. The van der Waals surface area contributed by atoms with Crippen LogP contribution in [-0.4, -0.2) is 39.7 Å². The molecule has 0 aliphatic carbocycles. The summed E-state index contributed by atoms with van der Waals surface area (Å²) in [4.78, 5) is 20.3. The van der Waals surface area contributed by atoms with E-state index in [1.165, 1.54) is 0 Å². The predicted octanol–water partition coefficient (Wildman–Crippen LogP) is 4.79. The third-order valence-electron chi connectivity index (χ3n) is 5.76. The number of rotatable bonds is 5. The van der Waals surface area contributed by atoms with Crippen LogP contribution in [0.3, 0.4) is 0 Å². The van der Waals surface area contributed by atoms with Crippen LogP contribution in [0.25, 0.3) is 22.3 Å². The van der Waals surface area contributed by atoms with Gasteiger partial charge in [0.25, 0.3) is 5.91 Å². The van der Waals surface area contributed by atoms with Gasteiger partial charge in [-0.1, -0.05) is 48.5 Å². The summed E-state index contributed by atoms with van der Waals surface area (Å²) < 4.78 is 7.24. The zero-order valence-corrected chi connectivity index (χ0v) is 18.5. The van der Waals surface area contributed by atoms with Crippen LogP contribution in [0, 0.1) is 6.92 Å². The number of hydrogen-bond donors (Lipinski definition) is 0. The summed E-state index contributed by atoms with van der Waals surface area (Å²) in [6, 6.07) is 19.4. The highest BCUT2D eigenvalue weighted by Gasteiger charge is 2.26. The number of amides is 1. The van der Waals surface area contributed by atoms with Gasteiger partial charge in [0.1, 0.15) is 5.75 Å².